The molecule has 0 aliphatic heterocycles. The van der Waals surface area contributed by atoms with Crippen molar-refractivity contribution in [3.63, 3.8) is 0 Å². The number of nitrogens with one attached hydrogen (secondary N) is 1. The van der Waals surface area contributed by atoms with E-state index < -0.39 is 5.97 Å². The Labute approximate surface area is 115 Å². The van der Waals surface area contributed by atoms with Crippen LogP contribution in [0.4, 0.5) is 10.8 Å². The third-order valence-electron chi connectivity index (χ3n) is 2.37. The average Bonchev–Trinajstić information content (AvgIpc) is 2.99. The maximum atomic E-state index is 11.5. The lowest BCUT2D eigenvalue weighted by Gasteiger charge is -2.03. The van der Waals surface area contributed by atoms with Gasteiger partial charge in [0.2, 0.25) is 0 Å². The molecule has 0 amide bonds. The van der Waals surface area contributed by atoms with E-state index in [4.69, 9.17) is 4.74 Å². The van der Waals surface area contributed by atoms with Crippen LogP contribution in [-0.4, -0.2) is 27.3 Å². The Morgan fingerprint density at radius 1 is 1.58 bits per heavy atom. The first-order chi connectivity index (χ1) is 9.10. The summed E-state index contributed by atoms with van der Waals surface area (Å²) in [6.45, 7) is 6.22. The molecule has 2 heterocycles. The summed E-state index contributed by atoms with van der Waals surface area (Å²) in [6, 6.07) is 0.307. The number of carbonyl (C=O) groups is 1. The molecule has 2 rings (SSSR count). The number of rotatable bonds is 5. The van der Waals surface area contributed by atoms with Gasteiger partial charge in [-0.15, -0.1) is 11.3 Å². The van der Waals surface area contributed by atoms with E-state index in [1.54, 1.807) is 18.5 Å². The minimum atomic E-state index is -0.398. The molecule has 0 bridgehead atoms. The van der Waals surface area contributed by atoms with E-state index in [0.717, 1.165) is 5.69 Å². The van der Waals surface area contributed by atoms with Crippen LogP contribution in [0.25, 0.3) is 0 Å². The second-order valence-electron chi connectivity index (χ2n) is 4.19. The van der Waals surface area contributed by atoms with E-state index in [-0.39, 0.29) is 0 Å². The summed E-state index contributed by atoms with van der Waals surface area (Å²) in [6.07, 6.45) is 3.63. The zero-order valence-electron chi connectivity index (χ0n) is 11.1. The average molecular weight is 280 g/mol. The number of carbonyl (C=O) groups excluding carboxylic acids is 1. The maximum Gasteiger partial charge on any atom is 0.357 e. The number of ether oxygens (including phenoxy) is 1. The monoisotopic (exact) mass is 280 g/mol. The number of nitrogens with zero attached hydrogens (tertiary/aromatic N) is 3. The fourth-order valence-corrected chi connectivity index (χ4v) is 2.14. The Morgan fingerprint density at radius 2 is 2.37 bits per heavy atom. The summed E-state index contributed by atoms with van der Waals surface area (Å²) in [7, 11) is 0. The molecule has 0 fully saturated rings. The van der Waals surface area contributed by atoms with E-state index in [0.29, 0.717) is 23.5 Å². The Hall–Kier alpha value is -1.89. The van der Waals surface area contributed by atoms with Crippen LogP contribution in [0.3, 0.4) is 0 Å². The normalized spacial score (nSPS) is 10.7. The van der Waals surface area contributed by atoms with Crippen molar-refractivity contribution in [1.29, 1.82) is 0 Å². The highest BCUT2D eigenvalue weighted by molar-refractivity contribution is 7.14. The molecular formula is C12H16N4O2S. The fraction of sp³-hybridized carbons (Fsp3) is 0.417. The molecule has 0 saturated carbocycles. The molecule has 0 radical (unpaired) electrons. The Morgan fingerprint density at radius 3 is 3.00 bits per heavy atom. The van der Waals surface area contributed by atoms with Gasteiger partial charge in [0, 0.05) is 17.6 Å². The van der Waals surface area contributed by atoms with Gasteiger partial charge in [-0.2, -0.15) is 5.10 Å². The highest BCUT2D eigenvalue weighted by atomic mass is 32.1. The van der Waals surface area contributed by atoms with Crippen molar-refractivity contribution in [1.82, 2.24) is 14.8 Å². The largest absolute Gasteiger partial charge is 0.461 e. The van der Waals surface area contributed by atoms with Crippen LogP contribution in [-0.2, 0) is 4.74 Å². The highest BCUT2D eigenvalue weighted by Crippen LogP contribution is 2.21. The molecule has 0 atom stereocenters. The molecule has 2 aromatic heterocycles. The number of thiazole rings is 1. The Balaban J connectivity index is 2.04. The third kappa shape index (κ3) is 3.31. The smallest absolute Gasteiger partial charge is 0.357 e. The summed E-state index contributed by atoms with van der Waals surface area (Å²) in [5.74, 6) is -0.398. The van der Waals surface area contributed by atoms with Crippen LogP contribution in [0.1, 0.15) is 37.3 Å². The second-order valence-corrected chi connectivity index (χ2v) is 5.04. The molecule has 0 saturated heterocycles. The molecule has 2 aromatic rings. The number of hydrogen-bond acceptors (Lipinski definition) is 6. The van der Waals surface area contributed by atoms with Crippen molar-refractivity contribution < 1.29 is 9.53 Å². The molecule has 0 spiro atoms. The second kappa shape index (κ2) is 5.83. The molecule has 102 valence electrons. The summed E-state index contributed by atoms with van der Waals surface area (Å²) < 4.78 is 6.74. The molecule has 6 nitrogen and oxygen atoms in total. The van der Waals surface area contributed by atoms with E-state index in [9.17, 15) is 4.79 Å². The standard InChI is InChI=1S/C12H16N4O2S/c1-4-18-11(17)10-7-19-12(15-10)14-9-5-13-16(6-9)8(2)3/h5-8H,4H2,1-3H3,(H,14,15). The van der Waals surface area contributed by atoms with E-state index in [1.165, 1.54) is 11.3 Å². The van der Waals surface area contributed by atoms with Crippen LogP contribution >= 0.6 is 11.3 Å². The van der Waals surface area contributed by atoms with Crippen LogP contribution in [0.2, 0.25) is 0 Å². The molecule has 0 aliphatic carbocycles. The van der Waals surface area contributed by atoms with Crippen molar-refractivity contribution in [2.75, 3.05) is 11.9 Å². The van der Waals surface area contributed by atoms with Gasteiger partial charge in [-0.1, -0.05) is 0 Å². The van der Waals surface area contributed by atoms with E-state index in [2.05, 4.69) is 29.2 Å². The van der Waals surface area contributed by atoms with Gasteiger partial charge in [0.15, 0.2) is 10.8 Å². The van der Waals surface area contributed by atoms with Gasteiger partial charge in [-0.3, -0.25) is 4.68 Å². The molecule has 19 heavy (non-hydrogen) atoms. The van der Waals surface area contributed by atoms with Gasteiger partial charge in [0.1, 0.15) is 0 Å². The summed E-state index contributed by atoms with van der Waals surface area (Å²) >= 11 is 1.36. The van der Waals surface area contributed by atoms with Crippen molar-refractivity contribution in [2.45, 2.75) is 26.8 Å². The van der Waals surface area contributed by atoms with Crippen LogP contribution in [0.5, 0.6) is 0 Å². The Bertz CT molecular complexity index is 562. The topological polar surface area (TPSA) is 69.0 Å². The van der Waals surface area contributed by atoms with Crippen molar-refractivity contribution in [2.24, 2.45) is 0 Å². The molecule has 0 aliphatic rings. The Kier molecular flexibility index (Phi) is 4.16. The SMILES string of the molecule is CCOC(=O)c1csc(Nc2cnn(C(C)C)c2)n1. The molecule has 0 unspecified atom stereocenters. The van der Waals surface area contributed by atoms with Crippen molar-refractivity contribution >= 4 is 28.1 Å². The minimum absolute atomic E-state index is 0.307. The van der Waals surface area contributed by atoms with Crippen molar-refractivity contribution in [3.8, 4) is 0 Å². The first-order valence-corrected chi connectivity index (χ1v) is 6.92. The lowest BCUT2D eigenvalue weighted by Crippen LogP contribution is -2.04. The van der Waals surface area contributed by atoms with Gasteiger partial charge in [0.05, 0.1) is 18.5 Å². The predicted octanol–water partition coefficient (Wildman–Crippen LogP) is 2.84. The summed E-state index contributed by atoms with van der Waals surface area (Å²) in [5.41, 5.74) is 1.17. The van der Waals surface area contributed by atoms with Crippen LogP contribution in [0.15, 0.2) is 17.8 Å². The predicted molar refractivity (Wildman–Crippen MR) is 74.0 cm³/mol. The summed E-state index contributed by atoms with van der Waals surface area (Å²) in [4.78, 5) is 15.7. The first-order valence-electron chi connectivity index (χ1n) is 6.04. The zero-order chi connectivity index (χ0) is 13.8. The minimum Gasteiger partial charge on any atom is -0.461 e. The van der Waals surface area contributed by atoms with Crippen LogP contribution in [0, 0.1) is 0 Å². The van der Waals surface area contributed by atoms with E-state index in [1.807, 2.05) is 10.9 Å². The number of anilines is 2. The molecule has 7 heteroatoms. The van der Waals surface area contributed by atoms with Gasteiger partial charge < -0.3 is 10.1 Å². The fourth-order valence-electron chi connectivity index (χ4n) is 1.44. The first kappa shape index (κ1) is 13.5. The number of esters is 1. The maximum absolute atomic E-state index is 11.5. The molecular weight excluding hydrogens is 264 g/mol. The summed E-state index contributed by atoms with van der Waals surface area (Å²) in [5, 5.41) is 9.65. The highest BCUT2D eigenvalue weighted by Gasteiger charge is 2.12. The van der Waals surface area contributed by atoms with Crippen molar-refractivity contribution in [3.05, 3.63) is 23.5 Å². The third-order valence-corrected chi connectivity index (χ3v) is 3.13. The van der Waals surface area contributed by atoms with E-state index >= 15 is 0 Å². The molecule has 1 N–H and O–H groups in total. The van der Waals surface area contributed by atoms with Gasteiger partial charge in [-0.25, -0.2) is 9.78 Å². The molecule has 0 aromatic carbocycles. The van der Waals surface area contributed by atoms with Gasteiger partial charge in [-0.05, 0) is 20.8 Å². The number of aromatic nitrogens is 3. The zero-order valence-corrected chi connectivity index (χ0v) is 11.9. The quantitative estimate of drug-likeness (QED) is 0.853. The lowest BCUT2D eigenvalue weighted by molar-refractivity contribution is 0.0520. The number of hydrogen-bond donors (Lipinski definition) is 1. The van der Waals surface area contributed by atoms with Gasteiger partial charge in [0.25, 0.3) is 0 Å². The van der Waals surface area contributed by atoms with Gasteiger partial charge >= 0.3 is 5.97 Å². The van der Waals surface area contributed by atoms with Crippen LogP contribution < -0.4 is 5.32 Å². The lowest BCUT2D eigenvalue weighted by atomic mass is 10.4.